The molecule has 0 aliphatic carbocycles. The standard InChI is InChI=1S/C12H9N3/c1-9-4-2-3-5-11(9)12-14-7-6-10(8-13)15-12/h2-7H,1H3. The first-order chi connectivity index (χ1) is 7.31. The summed E-state index contributed by atoms with van der Waals surface area (Å²) in [4.78, 5) is 8.31. The Hall–Kier alpha value is -2.21. The molecule has 3 nitrogen and oxygen atoms in total. The molecule has 1 heterocycles. The van der Waals surface area contributed by atoms with Crippen LogP contribution in [-0.2, 0) is 0 Å². The summed E-state index contributed by atoms with van der Waals surface area (Å²) in [6, 6.07) is 11.5. The number of nitrogens with zero attached hydrogens (tertiary/aromatic N) is 3. The van der Waals surface area contributed by atoms with Gasteiger partial charge in [0.2, 0.25) is 0 Å². The maximum absolute atomic E-state index is 8.74. The first-order valence-electron chi connectivity index (χ1n) is 4.60. The van der Waals surface area contributed by atoms with Crippen LogP contribution in [-0.4, -0.2) is 9.97 Å². The van der Waals surface area contributed by atoms with Gasteiger partial charge in [-0.1, -0.05) is 24.3 Å². The maximum Gasteiger partial charge on any atom is 0.160 e. The number of nitriles is 1. The van der Waals surface area contributed by atoms with E-state index >= 15 is 0 Å². The molecule has 0 amide bonds. The minimum absolute atomic E-state index is 0.392. The van der Waals surface area contributed by atoms with E-state index in [1.807, 2.05) is 37.3 Å². The van der Waals surface area contributed by atoms with Crippen LogP contribution < -0.4 is 0 Å². The minimum atomic E-state index is 0.392. The van der Waals surface area contributed by atoms with Crippen LogP contribution in [0.15, 0.2) is 36.5 Å². The third kappa shape index (κ3) is 1.84. The molecular formula is C12H9N3. The molecule has 0 radical (unpaired) electrons. The first-order valence-corrected chi connectivity index (χ1v) is 4.60. The van der Waals surface area contributed by atoms with Gasteiger partial charge in [-0.3, -0.25) is 0 Å². The van der Waals surface area contributed by atoms with E-state index in [1.54, 1.807) is 12.3 Å². The minimum Gasteiger partial charge on any atom is -0.236 e. The van der Waals surface area contributed by atoms with Gasteiger partial charge in [-0.05, 0) is 18.6 Å². The molecule has 0 saturated heterocycles. The van der Waals surface area contributed by atoms with Crippen LogP contribution in [0.2, 0.25) is 0 Å². The zero-order chi connectivity index (χ0) is 10.7. The van der Waals surface area contributed by atoms with Crippen LogP contribution in [0.3, 0.4) is 0 Å². The Kier molecular flexibility index (Phi) is 2.42. The quantitative estimate of drug-likeness (QED) is 0.701. The highest BCUT2D eigenvalue weighted by Gasteiger charge is 2.04. The summed E-state index contributed by atoms with van der Waals surface area (Å²) in [5.41, 5.74) is 2.46. The second kappa shape index (κ2) is 3.89. The zero-order valence-electron chi connectivity index (χ0n) is 8.31. The number of hydrogen-bond acceptors (Lipinski definition) is 3. The number of benzene rings is 1. The molecule has 0 saturated carbocycles. The second-order valence-electron chi connectivity index (χ2n) is 3.19. The van der Waals surface area contributed by atoms with Gasteiger partial charge in [0, 0.05) is 11.8 Å². The van der Waals surface area contributed by atoms with Crippen LogP contribution >= 0.6 is 0 Å². The molecule has 0 fully saturated rings. The molecule has 0 bridgehead atoms. The Labute approximate surface area is 88.1 Å². The van der Waals surface area contributed by atoms with Crippen molar-refractivity contribution in [2.45, 2.75) is 6.92 Å². The summed E-state index contributed by atoms with van der Waals surface area (Å²) in [5.74, 6) is 0.604. The molecule has 15 heavy (non-hydrogen) atoms. The fraction of sp³-hybridized carbons (Fsp3) is 0.0833. The van der Waals surface area contributed by atoms with Gasteiger partial charge in [-0.15, -0.1) is 0 Å². The van der Waals surface area contributed by atoms with Gasteiger partial charge in [-0.2, -0.15) is 5.26 Å². The number of hydrogen-bond donors (Lipinski definition) is 0. The average Bonchev–Trinajstić information content (AvgIpc) is 2.30. The van der Waals surface area contributed by atoms with Crippen molar-refractivity contribution >= 4 is 0 Å². The lowest BCUT2D eigenvalue weighted by Crippen LogP contribution is -1.92. The van der Waals surface area contributed by atoms with Gasteiger partial charge in [0.25, 0.3) is 0 Å². The predicted molar refractivity (Wildman–Crippen MR) is 56.9 cm³/mol. The highest BCUT2D eigenvalue weighted by molar-refractivity contribution is 5.59. The van der Waals surface area contributed by atoms with Crippen molar-refractivity contribution in [3.8, 4) is 17.5 Å². The van der Waals surface area contributed by atoms with E-state index in [-0.39, 0.29) is 0 Å². The van der Waals surface area contributed by atoms with E-state index in [1.165, 1.54) is 0 Å². The zero-order valence-corrected chi connectivity index (χ0v) is 8.31. The largest absolute Gasteiger partial charge is 0.236 e. The molecule has 1 aromatic carbocycles. The summed E-state index contributed by atoms with van der Waals surface area (Å²) in [6.45, 7) is 2.00. The van der Waals surface area contributed by atoms with Crippen molar-refractivity contribution < 1.29 is 0 Å². The fourth-order valence-corrected chi connectivity index (χ4v) is 1.37. The Morgan fingerprint density at radius 3 is 2.73 bits per heavy atom. The number of aryl methyl sites for hydroxylation is 1. The summed E-state index contributed by atoms with van der Waals surface area (Å²) < 4.78 is 0. The average molecular weight is 195 g/mol. The summed E-state index contributed by atoms with van der Waals surface area (Å²) in [5, 5.41) is 8.74. The molecule has 3 heteroatoms. The normalized spacial score (nSPS) is 9.60. The smallest absolute Gasteiger partial charge is 0.160 e. The van der Waals surface area contributed by atoms with Crippen molar-refractivity contribution in [2.75, 3.05) is 0 Å². The Morgan fingerprint density at radius 1 is 1.20 bits per heavy atom. The van der Waals surface area contributed by atoms with E-state index in [9.17, 15) is 0 Å². The van der Waals surface area contributed by atoms with Crippen molar-refractivity contribution in [1.29, 1.82) is 5.26 Å². The molecule has 2 rings (SSSR count). The van der Waals surface area contributed by atoms with Gasteiger partial charge in [-0.25, -0.2) is 9.97 Å². The lowest BCUT2D eigenvalue weighted by atomic mass is 10.1. The lowest BCUT2D eigenvalue weighted by molar-refractivity contribution is 1.14. The molecule has 0 spiro atoms. The van der Waals surface area contributed by atoms with Gasteiger partial charge in [0.05, 0.1) is 0 Å². The molecule has 0 aliphatic rings. The summed E-state index contributed by atoms with van der Waals surface area (Å²) >= 11 is 0. The first kappa shape index (κ1) is 9.35. The van der Waals surface area contributed by atoms with E-state index in [0.717, 1.165) is 11.1 Å². The highest BCUT2D eigenvalue weighted by atomic mass is 14.9. The molecule has 2 aromatic rings. The molecular weight excluding hydrogens is 186 g/mol. The molecule has 0 N–H and O–H groups in total. The van der Waals surface area contributed by atoms with E-state index < -0.39 is 0 Å². The molecule has 0 aliphatic heterocycles. The van der Waals surface area contributed by atoms with Crippen LogP contribution in [0.4, 0.5) is 0 Å². The van der Waals surface area contributed by atoms with Gasteiger partial charge in [0.15, 0.2) is 5.82 Å². The van der Waals surface area contributed by atoms with E-state index in [2.05, 4.69) is 9.97 Å². The van der Waals surface area contributed by atoms with Crippen LogP contribution in [0.25, 0.3) is 11.4 Å². The molecule has 0 atom stereocenters. The predicted octanol–water partition coefficient (Wildman–Crippen LogP) is 2.32. The van der Waals surface area contributed by atoms with Gasteiger partial charge in [0.1, 0.15) is 11.8 Å². The SMILES string of the molecule is Cc1ccccc1-c1nccc(C#N)n1. The van der Waals surface area contributed by atoms with Crippen molar-refractivity contribution in [3.05, 3.63) is 47.8 Å². The van der Waals surface area contributed by atoms with Crippen LogP contribution in [0, 0.1) is 18.3 Å². The maximum atomic E-state index is 8.74. The van der Waals surface area contributed by atoms with Gasteiger partial charge < -0.3 is 0 Å². The number of aromatic nitrogens is 2. The highest BCUT2D eigenvalue weighted by Crippen LogP contribution is 2.18. The summed E-state index contributed by atoms with van der Waals surface area (Å²) in [7, 11) is 0. The number of rotatable bonds is 1. The Morgan fingerprint density at radius 2 is 2.00 bits per heavy atom. The lowest BCUT2D eigenvalue weighted by Gasteiger charge is -2.02. The fourth-order valence-electron chi connectivity index (χ4n) is 1.37. The third-order valence-corrected chi connectivity index (χ3v) is 2.16. The van der Waals surface area contributed by atoms with E-state index in [4.69, 9.17) is 5.26 Å². The van der Waals surface area contributed by atoms with Crippen molar-refractivity contribution in [1.82, 2.24) is 9.97 Å². The van der Waals surface area contributed by atoms with Crippen LogP contribution in [0.1, 0.15) is 11.3 Å². The van der Waals surface area contributed by atoms with Crippen LogP contribution in [0.5, 0.6) is 0 Å². The van der Waals surface area contributed by atoms with Crippen molar-refractivity contribution in [2.24, 2.45) is 0 Å². The second-order valence-corrected chi connectivity index (χ2v) is 3.19. The molecule has 72 valence electrons. The van der Waals surface area contributed by atoms with Gasteiger partial charge >= 0.3 is 0 Å². The Balaban J connectivity index is 2.55. The summed E-state index contributed by atoms with van der Waals surface area (Å²) in [6.07, 6.45) is 1.60. The third-order valence-electron chi connectivity index (χ3n) is 2.16. The monoisotopic (exact) mass is 195 g/mol. The molecule has 1 aromatic heterocycles. The van der Waals surface area contributed by atoms with E-state index in [0.29, 0.717) is 11.5 Å². The topological polar surface area (TPSA) is 49.6 Å². The molecule has 0 unspecified atom stereocenters. The van der Waals surface area contributed by atoms with Crippen molar-refractivity contribution in [3.63, 3.8) is 0 Å². The Bertz CT molecular complexity index is 526.